The van der Waals surface area contributed by atoms with Gasteiger partial charge in [-0.05, 0) is 49.2 Å². The van der Waals surface area contributed by atoms with Crippen LogP contribution in [-0.2, 0) is 0 Å². The van der Waals surface area contributed by atoms with Gasteiger partial charge < -0.3 is 9.15 Å². The molecule has 4 nitrogen and oxygen atoms in total. The lowest BCUT2D eigenvalue weighted by atomic mass is 10.1. The summed E-state index contributed by atoms with van der Waals surface area (Å²) in [5, 5.41) is 1.47. The lowest BCUT2D eigenvalue weighted by Gasteiger charge is -2.08. The van der Waals surface area contributed by atoms with Crippen molar-refractivity contribution < 1.29 is 9.15 Å². The molecule has 4 aromatic rings. The van der Waals surface area contributed by atoms with Gasteiger partial charge in [-0.1, -0.05) is 23.5 Å². The van der Waals surface area contributed by atoms with Crippen molar-refractivity contribution in [3.63, 3.8) is 0 Å². The first-order chi connectivity index (χ1) is 11.1. The van der Waals surface area contributed by atoms with E-state index < -0.39 is 0 Å². The van der Waals surface area contributed by atoms with Gasteiger partial charge in [-0.25, -0.2) is 9.78 Å². The van der Waals surface area contributed by atoms with E-state index in [2.05, 4.69) is 4.98 Å². The summed E-state index contributed by atoms with van der Waals surface area (Å²) in [5.41, 5.74) is 2.92. The van der Waals surface area contributed by atoms with E-state index >= 15 is 0 Å². The van der Waals surface area contributed by atoms with Crippen molar-refractivity contribution in [2.75, 3.05) is 0 Å². The van der Waals surface area contributed by atoms with Crippen LogP contribution < -0.4 is 10.4 Å². The molecule has 0 amide bonds. The number of rotatable bonds is 2. The SMILES string of the molecule is Cc1cc2oc(=O)cc(C)c2cc1Oc1nc2ccccc2s1. The summed E-state index contributed by atoms with van der Waals surface area (Å²) in [4.78, 5) is 16.0. The van der Waals surface area contributed by atoms with Gasteiger partial charge in [0, 0.05) is 11.5 Å². The normalized spacial score (nSPS) is 11.2. The molecule has 0 fully saturated rings. The highest BCUT2D eigenvalue weighted by Gasteiger charge is 2.11. The maximum absolute atomic E-state index is 11.5. The van der Waals surface area contributed by atoms with Crippen molar-refractivity contribution in [2.45, 2.75) is 13.8 Å². The number of para-hydroxylation sites is 1. The van der Waals surface area contributed by atoms with Crippen LogP contribution in [0.15, 0.2) is 51.7 Å². The Hall–Kier alpha value is -2.66. The van der Waals surface area contributed by atoms with Crippen LogP contribution >= 0.6 is 11.3 Å². The standard InChI is InChI=1S/C18H13NO3S/c1-10-8-17(20)21-15-7-11(2)14(9-12(10)15)22-18-19-13-5-3-4-6-16(13)23-18/h3-9H,1-2H3. The number of hydrogen-bond donors (Lipinski definition) is 0. The smallest absolute Gasteiger partial charge is 0.336 e. The molecule has 0 aliphatic heterocycles. The monoisotopic (exact) mass is 323 g/mol. The zero-order valence-electron chi connectivity index (χ0n) is 12.6. The summed E-state index contributed by atoms with van der Waals surface area (Å²) >= 11 is 1.51. The minimum atomic E-state index is -0.339. The van der Waals surface area contributed by atoms with Crippen LogP contribution in [0.25, 0.3) is 21.2 Å². The summed E-state index contributed by atoms with van der Waals surface area (Å²) < 4.78 is 12.3. The molecular weight excluding hydrogens is 310 g/mol. The van der Waals surface area contributed by atoms with Gasteiger partial charge in [-0.15, -0.1) is 0 Å². The summed E-state index contributed by atoms with van der Waals surface area (Å²) in [6.45, 7) is 3.81. The lowest BCUT2D eigenvalue weighted by Crippen LogP contribution is -1.98. The number of fused-ring (bicyclic) bond motifs is 2. The average Bonchev–Trinajstić information content (AvgIpc) is 2.91. The zero-order chi connectivity index (χ0) is 16.0. The number of nitrogens with zero attached hydrogens (tertiary/aromatic N) is 1. The first-order valence-corrected chi connectivity index (χ1v) is 8.00. The van der Waals surface area contributed by atoms with Gasteiger partial charge in [-0.3, -0.25) is 0 Å². The number of aromatic nitrogens is 1. The predicted molar refractivity (Wildman–Crippen MR) is 91.7 cm³/mol. The Kier molecular flexibility index (Phi) is 3.16. The number of hydrogen-bond acceptors (Lipinski definition) is 5. The Labute approximate surface area is 136 Å². The molecule has 5 heteroatoms. The second-order valence-corrected chi connectivity index (χ2v) is 6.41. The Morgan fingerprint density at radius 1 is 1.09 bits per heavy atom. The first-order valence-electron chi connectivity index (χ1n) is 7.19. The first kappa shape index (κ1) is 14.0. The third-order valence-electron chi connectivity index (χ3n) is 3.72. The maximum atomic E-state index is 11.5. The van der Waals surface area contributed by atoms with E-state index in [1.54, 1.807) is 0 Å². The van der Waals surface area contributed by atoms with E-state index in [9.17, 15) is 4.79 Å². The van der Waals surface area contributed by atoms with Crippen molar-refractivity contribution in [3.05, 3.63) is 64.0 Å². The molecule has 2 aromatic heterocycles. The van der Waals surface area contributed by atoms with E-state index in [0.717, 1.165) is 26.7 Å². The van der Waals surface area contributed by atoms with Gasteiger partial charge in [0.1, 0.15) is 11.3 Å². The van der Waals surface area contributed by atoms with Gasteiger partial charge in [0.05, 0.1) is 10.2 Å². The molecule has 0 radical (unpaired) electrons. The molecule has 2 aromatic carbocycles. The highest BCUT2D eigenvalue weighted by Crippen LogP contribution is 2.34. The third-order valence-corrected chi connectivity index (χ3v) is 4.63. The van der Waals surface area contributed by atoms with Crippen molar-refractivity contribution in [1.82, 2.24) is 4.98 Å². The molecule has 0 aliphatic carbocycles. The van der Waals surface area contributed by atoms with Crippen molar-refractivity contribution in [3.8, 4) is 10.9 Å². The van der Waals surface area contributed by atoms with Crippen LogP contribution in [0.4, 0.5) is 0 Å². The van der Waals surface area contributed by atoms with E-state index in [1.807, 2.05) is 50.2 Å². The number of ether oxygens (including phenoxy) is 1. The number of benzene rings is 2. The highest BCUT2D eigenvalue weighted by atomic mass is 32.1. The zero-order valence-corrected chi connectivity index (χ0v) is 13.4. The topological polar surface area (TPSA) is 52.3 Å². The summed E-state index contributed by atoms with van der Waals surface area (Å²) in [7, 11) is 0. The van der Waals surface area contributed by atoms with Gasteiger partial charge >= 0.3 is 5.63 Å². The van der Waals surface area contributed by atoms with Crippen LogP contribution in [0.3, 0.4) is 0 Å². The van der Waals surface area contributed by atoms with Crippen LogP contribution in [0, 0.1) is 13.8 Å². The fourth-order valence-electron chi connectivity index (χ4n) is 2.55. The van der Waals surface area contributed by atoms with Gasteiger partial charge in [0.2, 0.25) is 0 Å². The predicted octanol–water partition coefficient (Wildman–Crippen LogP) is 4.81. The summed E-state index contributed by atoms with van der Waals surface area (Å²) in [6.07, 6.45) is 0. The molecule has 0 unspecified atom stereocenters. The van der Waals surface area contributed by atoms with Crippen LogP contribution in [0.5, 0.6) is 10.9 Å². The Morgan fingerprint density at radius 3 is 2.74 bits per heavy atom. The Balaban J connectivity index is 1.81. The molecular formula is C18H13NO3S. The van der Waals surface area contributed by atoms with Crippen molar-refractivity contribution in [1.29, 1.82) is 0 Å². The maximum Gasteiger partial charge on any atom is 0.336 e. The molecule has 0 aliphatic rings. The molecule has 0 atom stereocenters. The molecule has 23 heavy (non-hydrogen) atoms. The Morgan fingerprint density at radius 2 is 1.91 bits per heavy atom. The van der Waals surface area contributed by atoms with E-state index in [-0.39, 0.29) is 5.63 Å². The van der Waals surface area contributed by atoms with E-state index in [4.69, 9.17) is 9.15 Å². The molecule has 114 valence electrons. The van der Waals surface area contributed by atoms with Crippen molar-refractivity contribution >= 4 is 32.5 Å². The lowest BCUT2D eigenvalue weighted by molar-refractivity contribution is 0.476. The minimum absolute atomic E-state index is 0.339. The van der Waals surface area contributed by atoms with E-state index in [1.165, 1.54) is 17.4 Å². The highest BCUT2D eigenvalue weighted by molar-refractivity contribution is 7.20. The second-order valence-electron chi connectivity index (χ2n) is 5.41. The fourth-order valence-corrected chi connectivity index (χ4v) is 3.37. The quantitative estimate of drug-likeness (QED) is 0.497. The average molecular weight is 323 g/mol. The van der Waals surface area contributed by atoms with Crippen LogP contribution in [0.1, 0.15) is 11.1 Å². The van der Waals surface area contributed by atoms with Gasteiger partial charge in [0.15, 0.2) is 0 Å². The van der Waals surface area contributed by atoms with Crippen molar-refractivity contribution in [2.24, 2.45) is 0 Å². The molecule has 0 saturated carbocycles. The number of aryl methyl sites for hydroxylation is 2. The van der Waals surface area contributed by atoms with E-state index in [0.29, 0.717) is 16.5 Å². The molecule has 0 saturated heterocycles. The minimum Gasteiger partial charge on any atom is -0.431 e. The third kappa shape index (κ3) is 2.49. The Bertz CT molecular complexity index is 1060. The fraction of sp³-hybridized carbons (Fsp3) is 0.111. The molecule has 4 rings (SSSR count). The molecule has 0 N–H and O–H groups in total. The van der Waals surface area contributed by atoms with Gasteiger partial charge in [-0.2, -0.15) is 0 Å². The van der Waals surface area contributed by atoms with Crippen LogP contribution in [0.2, 0.25) is 0 Å². The summed E-state index contributed by atoms with van der Waals surface area (Å²) in [6, 6.07) is 13.1. The molecule has 0 bridgehead atoms. The van der Waals surface area contributed by atoms with Gasteiger partial charge in [0.25, 0.3) is 5.19 Å². The largest absolute Gasteiger partial charge is 0.431 e. The molecule has 0 spiro atoms. The molecule has 2 heterocycles. The van der Waals surface area contributed by atoms with Crippen LogP contribution in [-0.4, -0.2) is 4.98 Å². The second kappa shape index (κ2) is 5.21. The number of thiazole rings is 1. The summed E-state index contributed by atoms with van der Waals surface area (Å²) in [5.74, 6) is 0.716.